The fourth-order valence-corrected chi connectivity index (χ4v) is 5.22. The predicted molar refractivity (Wildman–Crippen MR) is 207 cm³/mol. The van der Waals surface area contributed by atoms with Gasteiger partial charge in [-0.05, 0) is 38.5 Å². The van der Waals surface area contributed by atoms with Gasteiger partial charge in [0.1, 0.15) is 0 Å². The van der Waals surface area contributed by atoms with E-state index in [1.54, 1.807) is 13.8 Å². The van der Waals surface area contributed by atoms with Gasteiger partial charge in [0.25, 0.3) is 11.8 Å². The molecule has 0 aliphatic carbocycles. The summed E-state index contributed by atoms with van der Waals surface area (Å²) in [6, 6.07) is 0. The number of amides is 2. The zero-order valence-corrected chi connectivity index (χ0v) is 33.9. The van der Waals surface area contributed by atoms with Crippen LogP contribution in [0.25, 0.3) is 0 Å². The van der Waals surface area contributed by atoms with Gasteiger partial charge < -0.3 is 26.0 Å². The Hall–Kier alpha value is -2.74. The zero-order valence-electron chi connectivity index (χ0n) is 33.9. The van der Waals surface area contributed by atoms with Crippen LogP contribution in [0.3, 0.4) is 0 Å². The molecule has 0 spiro atoms. The van der Waals surface area contributed by atoms with Crippen molar-refractivity contribution in [1.29, 1.82) is 0 Å². The predicted octanol–water partition coefficient (Wildman–Crippen LogP) is 5.72. The van der Waals surface area contributed by atoms with Crippen molar-refractivity contribution in [2.24, 2.45) is 0 Å². The van der Waals surface area contributed by atoms with Gasteiger partial charge in [0.2, 0.25) is 11.6 Å². The van der Waals surface area contributed by atoms with Crippen LogP contribution in [-0.2, 0) is 33.5 Å². The van der Waals surface area contributed by atoms with Gasteiger partial charge in [-0.2, -0.15) is 0 Å². The van der Waals surface area contributed by atoms with Gasteiger partial charge in [-0.3, -0.25) is 28.8 Å². The van der Waals surface area contributed by atoms with Gasteiger partial charge in [0, 0.05) is 38.8 Å². The van der Waals surface area contributed by atoms with E-state index in [-0.39, 0.29) is 54.7 Å². The Labute approximate surface area is 333 Å². The molecule has 0 atom stereocenters. The number of aliphatic carboxylic acids is 1. The van der Waals surface area contributed by atoms with E-state index in [9.17, 15) is 28.8 Å². The third kappa shape index (κ3) is 45.3. The number of unbranched alkanes of at least 4 members (excludes halogenated alkanes) is 20. The molecule has 0 fully saturated rings. The molecule has 0 bridgehead atoms. The summed E-state index contributed by atoms with van der Waals surface area (Å²) in [6.45, 7) is 4.23. The number of hydrogen-bond acceptors (Lipinski definition) is 8. The van der Waals surface area contributed by atoms with Crippen LogP contribution >= 0.6 is 0 Å². The van der Waals surface area contributed by atoms with Crippen LogP contribution in [0.15, 0.2) is 24.3 Å². The Morgan fingerprint density at radius 3 is 1.09 bits per heavy atom. The summed E-state index contributed by atoms with van der Waals surface area (Å²) >= 11 is 0. The largest absolute Gasteiger partial charge is 1.00 e. The number of carbonyl (C=O) groups excluding carboxylic acids is 5. The first-order chi connectivity index (χ1) is 24.7. The molecule has 0 unspecified atom stereocenters. The van der Waals surface area contributed by atoms with Crippen LogP contribution in [0.5, 0.6) is 0 Å². The number of ketones is 2. The van der Waals surface area contributed by atoms with Crippen LogP contribution in [0.1, 0.15) is 181 Å². The minimum absolute atomic E-state index is 0. The summed E-state index contributed by atoms with van der Waals surface area (Å²) in [7, 11) is 1.44. The molecule has 0 radical (unpaired) electrons. The van der Waals surface area contributed by atoms with Crippen LogP contribution < -0.4 is 29.5 Å². The smallest absolute Gasteiger partial charge is 0.870 e. The molecule has 0 aromatic heterocycles. The van der Waals surface area contributed by atoms with E-state index in [2.05, 4.69) is 27.5 Å². The second kappa shape index (κ2) is 45.4. The number of nitrogens with one attached hydrogen (secondary N) is 2. The molecule has 2 amide bonds. The number of methoxy groups -OCH3 is 1. The van der Waals surface area contributed by atoms with Crippen molar-refractivity contribution < 1.29 is 62.9 Å². The van der Waals surface area contributed by atoms with E-state index in [0.717, 1.165) is 51.4 Å². The van der Waals surface area contributed by atoms with Gasteiger partial charge in [0.05, 0.1) is 7.11 Å². The van der Waals surface area contributed by atoms with E-state index in [0.29, 0.717) is 25.9 Å². The van der Waals surface area contributed by atoms with Gasteiger partial charge in [-0.1, -0.05) is 141 Å². The van der Waals surface area contributed by atoms with Crippen molar-refractivity contribution in [3.63, 3.8) is 0 Å². The number of carboxylic acid groups (broad SMARTS) is 1. The topological polar surface area (TPSA) is 186 Å². The molecule has 0 aliphatic heterocycles. The first-order valence-corrected chi connectivity index (χ1v) is 19.9. The Bertz CT molecular complexity index is 986. The molecule has 0 heterocycles. The number of esters is 1. The second-order valence-electron chi connectivity index (χ2n) is 13.0. The molecule has 302 valence electrons. The number of carbonyl (C=O) groups is 6. The fourth-order valence-electron chi connectivity index (χ4n) is 5.22. The van der Waals surface area contributed by atoms with Gasteiger partial charge in [0.15, 0.2) is 0 Å². The van der Waals surface area contributed by atoms with Gasteiger partial charge in [-0.15, -0.1) is 0 Å². The number of allylic oxidation sites excluding steroid dienone is 2. The standard InChI is InChI=1S/C21H37NO4.C20H35NO4.Li.H2O/c1-3-19(23)21(25)22-18-16-14-12-10-8-6-4-5-7-9-11-13-15-17-20(24)26-2;1-2-18(22)20(25)21-17-15-13-11-9-7-5-3-4-6-8-10-12-14-16-19(23)24;;/h14,16H,3-13,15,17-18H2,1-2H3,(H,22,25);13,15H,2-12,14,16-17H2,1H3,(H,21,25)(H,23,24);;1H2/q;;+1;/p-1/b16-14-;15-13-;;. The molecule has 0 rings (SSSR count). The van der Waals surface area contributed by atoms with Crippen molar-refractivity contribution in [1.82, 2.24) is 10.6 Å². The normalized spacial score (nSPS) is 10.5. The van der Waals surface area contributed by atoms with Crippen molar-refractivity contribution in [2.45, 2.75) is 181 Å². The first kappa shape index (κ1) is 57.0. The van der Waals surface area contributed by atoms with Crippen molar-refractivity contribution in [3.8, 4) is 0 Å². The maximum absolute atomic E-state index is 11.2. The van der Waals surface area contributed by atoms with Crippen LogP contribution in [-0.4, -0.2) is 66.1 Å². The molecule has 12 heteroatoms. The summed E-state index contributed by atoms with van der Waals surface area (Å²) < 4.78 is 4.62. The summed E-state index contributed by atoms with van der Waals surface area (Å²) in [5.74, 6) is -2.50. The number of carboxylic acids is 1. The SMILES string of the molecule is CCC(=O)C(=O)NC/C=C\CCCCCCCCCCCCC(=O)O.CCC(=O)C(=O)NC/C=C\CCCCCCCCCCCCC(=O)OC.[Li+].[OH-]. The second-order valence-corrected chi connectivity index (χ2v) is 13.0. The maximum Gasteiger partial charge on any atom is 1.00 e. The van der Waals surface area contributed by atoms with Gasteiger partial charge in [-0.25, -0.2) is 0 Å². The van der Waals surface area contributed by atoms with E-state index in [4.69, 9.17) is 5.11 Å². The molecule has 4 N–H and O–H groups in total. The quantitative estimate of drug-likeness (QED) is 0.0244. The van der Waals surface area contributed by atoms with Crippen LogP contribution in [0, 0.1) is 0 Å². The fraction of sp³-hybridized carbons (Fsp3) is 0.756. The molecule has 0 saturated heterocycles. The monoisotopic (exact) mass is 745 g/mol. The number of ether oxygens (including phenoxy) is 1. The third-order valence-corrected chi connectivity index (χ3v) is 8.48. The third-order valence-electron chi connectivity index (χ3n) is 8.48. The Morgan fingerprint density at radius 2 is 0.792 bits per heavy atom. The first-order valence-electron chi connectivity index (χ1n) is 19.9. The van der Waals surface area contributed by atoms with Crippen molar-refractivity contribution >= 4 is 35.3 Å². The number of hydrogen-bond donors (Lipinski definition) is 3. The zero-order chi connectivity index (χ0) is 38.2. The molecule has 0 aromatic carbocycles. The Morgan fingerprint density at radius 1 is 0.491 bits per heavy atom. The van der Waals surface area contributed by atoms with Crippen LogP contribution in [0.4, 0.5) is 0 Å². The Kier molecular flexibility index (Phi) is 48.8. The molecule has 0 saturated carbocycles. The van der Waals surface area contributed by atoms with Crippen molar-refractivity contribution in [3.05, 3.63) is 24.3 Å². The number of rotatable bonds is 34. The summed E-state index contributed by atoms with van der Waals surface area (Å²) in [6.07, 6.45) is 35.1. The summed E-state index contributed by atoms with van der Waals surface area (Å²) in [4.78, 5) is 65.9. The average Bonchev–Trinajstić information content (AvgIpc) is 3.13. The molecular formula is C41H73LiN2O9. The minimum Gasteiger partial charge on any atom is -0.870 e. The summed E-state index contributed by atoms with van der Waals surface area (Å²) in [5.41, 5.74) is 0. The minimum atomic E-state index is -0.689. The summed E-state index contributed by atoms with van der Waals surface area (Å²) in [5, 5.41) is 13.7. The van der Waals surface area contributed by atoms with E-state index in [1.165, 1.54) is 97.0 Å². The molecule has 11 nitrogen and oxygen atoms in total. The Balaban J connectivity index is -0.000000437. The average molecular weight is 745 g/mol. The molecule has 0 aromatic rings. The maximum atomic E-state index is 11.2. The molecular weight excluding hydrogens is 671 g/mol. The van der Waals surface area contributed by atoms with Crippen molar-refractivity contribution in [2.75, 3.05) is 20.2 Å². The molecule has 53 heavy (non-hydrogen) atoms. The van der Waals surface area contributed by atoms with E-state index < -0.39 is 17.8 Å². The molecule has 0 aliphatic rings. The van der Waals surface area contributed by atoms with Crippen LogP contribution in [0.2, 0.25) is 0 Å². The number of Topliss-reactive ketones (excluding diaryl/α,β-unsaturated/α-hetero) is 2. The van der Waals surface area contributed by atoms with E-state index >= 15 is 0 Å². The van der Waals surface area contributed by atoms with Gasteiger partial charge >= 0.3 is 30.8 Å². The van der Waals surface area contributed by atoms with E-state index in [1.807, 2.05) is 12.2 Å².